The lowest BCUT2D eigenvalue weighted by atomic mass is 9.89. The van der Waals surface area contributed by atoms with E-state index in [0.29, 0.717) is 34.6 Å². The smallest absolute Gasteiger partial charge is 0.224 e. The first-order valence-electron chi connectivity index (χ1n) is 7.11. The number of fused-ring (bicyclic) bond motifs is 2. The minimum Gasteiger partial charge on any atom is -0.326 e. The molecule has 0 aliphatic carbocycles. The highest BCUT2D eigenvalue weighted by molar-refractivity contribution is 9.10. The molecule has 5 heteroatoms. The fourth-order valence-corrected chi connectivity index (χ4v) is 3.77. The first-order valence-corrected chi connectivity index (χ1v) is 7.90. The number of hydrogen-bond donors (Lipinski definition) is 2. The van der Waals surface area contributed by atoms with Gasteiger partial charge in [0.15, 0.2) is 0 Å². The maximum absolute atomic E-state index is 13.1. The third kappa shape index (κ3) is 3.20. The van der Waals surface area contributed by atoms with E-state index in [4.69, 9.17) is 0 Å². The molecule has 1 aromatic carbocycles. The van der Waals surface area contributed by atoms with Gasteiger partial charge in [0.05, 0.1) is 4.47 Å². The van der Waals surface area contributed by atoms with Gasteiger partial charge < -0.3 is 10.6 Å². The van der Waals surface area contributed by atoms with Gasteiger partial charge in [-0.15, -0.1) is 0 Å². The zero-order chi connectivity index (χ0) is 14.1. The molecular weight excluding hydrogens is 323 g/mol. The predicted octanol–water partition coefficient (Wildman–Crippen LogP) is 3.45. The number of anilines is 1. The fourth-order valence-electron chi connectivity index (χ4n) is 3.39. The number of nitrogens with one attached hydrogen (secondary N) is 2. The van der Waals surface area contributed by atoms with E-state index in [9.17, 15) is 9.18 Å². The van der Waals surface area contributed by atoms with E-state index in [1.807, 2.05) is 0 Å². The molecule has 0 radical (unpaired) electrons. The molecule has 2 unspecified atom stereocenters. The molecule has 2 saturated heterocycles. The molecule has 2 N–H and O–H groups in total. The van der Waals surface area contributed by atoms with Gasteiger partial charge in [-0.05, 0) is 65.7 Å². The lowest BCUT2D eigenvalue weighted by molar-refractivity contribution is -0.117. The number of halogens is 2. The Bertz CT molecular complexity index is 511. The van der Waals surface area contributed by atoms with Crippen LogP contribution in [0.1, 0.15) is 32.1 Å². The average molecular weight is 341 g/mol. The fraction of sp³-hybridized carbons (Fsp3) is 0.533. The Morgan fingerprint density at radius 1 is 1.35 bits per heavy atom. The van der Waals surface area contributed by atoms with Crippen molar-refractivity contribution in [1.82, 2.24) is 5.32 Å². The molecule has 20 heavy (non-hydrogen) atoms. The summed E-state index contributed by atoms with van der Waals surface area (Å²) in [5, 5.41) is 6.43. The maximum atomic E-state index is 13.1. The van der Waals surface area contributed by atoms with E-state index < -0.39 is 0 Å². The standard InChI is InChI=1S/C15H18BrFN2O/c16-13-8-12(3-4-14(13)17)19-15(20)7-9-5-10-1-2-11(6-9)18-10/h3-4,8-11,18H,1-2,5-7H2,(H,19,20). The quantitative estimate of drug-likeness (QED) is 0.884. The lowest BCUT2D eigenvalue weighted by Crippen LogP contribution is -2.39. The van der Waals surface area contributed by atoms with E-state index >= 15 is 0 Å². The molecule has 0 aromatic heterocycles. The Balaban J connectivity index is 1.55. The number of carbonyl (C=O) groups excluding carboxylic acids is 1. The van der Waals surface area contributed by atoms with Crippen molar-refractivity contribution in [3.8, 4) is 0 Å². The van der Waals surface area contributed by atoms with Crippen molar-refractivity contribution in [2.24, 2.45) is 5.92 Å². The summed E-state index contributed by atoms with van der Waals surface area (Å²) < 4.78 is 13.5. The molecule has 2 fully saturated rings. The molecular formula is C15H18BrFN2O. The minimum absolute atomic E-state index is 0.0230. The van der Waals surface area contributed by atoms with E-state index in [-0.39, 0.29) is 11.7 Å². The molecule has 2 bridgehead atoms. The van der Waals surface area contributed by atoms with E-state index in [0.717, 1.165) is 12.8 Å². The van der Waals surface area contributed by atoms with Crippen LogP contribution in [0, 0.1) is 11.7 Å². The summed E-state index contributed by atoms with van der Waals surface area (Å²) in [4.78, 5) is 12.1. The number of benzene rings is 1. The van der Waals surface area contributed by atoms with Crippen molar-refractivity contribution in [2.75, 3.05) is 5.32 Å². The summed E-state index contributed by atoms with van der Waals surface area (Å²) >= 11 is 3.12. The maximum Gasteiger partial charge on any atom is 0.224 e. The average Bonchev–Trinajstić information content (AvgIpc) is 2.73. The van der Waals surface area contributed by atoms with Crippen LogP contribution in [0.2, 0.25) is 0 Å². The third-order valence-electron chi connectivity index (χ3n) is 4.25. The van der Waals surface area contributed by atoms with Gasteiger partial charge in [-0.25, -0.2) is 4.39 Å². The van der Waals surface area contributed by atoms with Gasteiger partial charge in [0.2, 0.25) is 5.91 Å². The SMILES string of the molecule is O=C(CC1CC2CCC(C1)N2)Nc1ccc(F)c(Br)c1. The van der Waals surface area contributed by atoms with Crippen LogP contribution in [0.4, 0.5) is 10.1 Å². The Morgan fingerprint density at radius 2 is 2.05 bits per heavy atom. The van der Waals surface area contributed by atoms with Crippen LogP contribution in [-0.4, -0.2) is 18.0 Å². The lowest BCUT2D eigenvalue weighted by Gasteiger charge is -2.28. The van der Waals surface area contributed by atoms with E-state index in [1.54, 1.807) is 12.1 Å². The minimum atomic E-state index is -0.321. The summed E-state index contributed by atoms with van der Waals surface area (Å²) in [6, 6.07) is 5.74. The monoisotopic (exact) mass is 340 g/mol. The van der Waals surface area contributed by atoms with Gasteiger partial charge in [-0.2, -0.15) is 0 Å². The van der Waals surface area contributed by atoms with Crippen LogP contribution >= 0.6 is 15.9 Å². The third-order valence-corrected chi connectivity index (χ3v) is 4.86. The Labute approximate surface area is 126 Å². The molecule has 1 amide bonds. The molecule has 2 heterocycles. The Kier molecular flexibility index (Phi) is 4.08. The van der Waals surface area contributed by atoms with Crippen molar-refractivity contribution in [1.29, 1.82) is 0 Å². The van der Waals surface area contributed by atoms with Gasteiger partial charge in [0.25, 0.3) is 0 Å². The van der Waals surface area contributed by atoms with Crippen molar-refractivity contribution in [2.45, 2.75) is 44.2 Å². The van der Waals surface area contributed by atoms with Crippen LogP contribution < -0.4 is 10.6 Å². The van der Waals surface area contributed by atoms with Crippen molar-refractivity contribution in [3.05, 3.63) is 28.5 Å². The normalized spacial score (nSPS) is 28.4. The number of piperidine rings is 1. The van der Waals surface area contributed by atoms with Crippen LogP contribution in [0.3, 0.4) is 0 Å². The molecule has 3 rings (SSSR count). The molecule has 3 nitrogen and oxygen atoms in total. The van der Waals surface area contributed by atoms with Crippen LogP contribution in [0.15, 0.2) is 22.7 Å². The second-order valence-corrected chi connectivity index (χ2v) is 6.71. The predicted molar refractivity (Wildman–Crippen MR) is 80.0 cm³/mol. The van der Waals surface area contributed by atoms with E-state index in [2.05, 4.69) is 26.6 Å². The molecule has 1 aromatic rings. The zero-order valence-electron chi connectivity index (χ0n) is 11.2. The van der Waals surface area contributed by atoms with Crippen LogP contribution in [-0.2, 0) is 4.79 Å². The summed E-state index contributed by atoms with van der Waals surface area (Å²) in [6.07, 6.45) is 5.24. The zero-order valence-corrected chi connectivity index (χ0v) is 12.7. The van der Waals surface area contributed by atoms with Gasteiger partial charge in [0, 0.05) is 24.2 Å². The molecule has 2 aliphatic heterocycles. The van der Waals surface area contributed by atoms with Gasteiger partial charge >= 0.3 is 0 Å². The number of rotatable bonds is 3. The molecule has 2 atom stereocenters. The highest BCUT2D eigenvalue weighted by atomic mass is 79.9. The van der Waals surface area contributed by atoms with Crippen molar-refractivity contribution < 1.29 is 9.18 Å². The number of carbonyl (C=O) groups is 1. The highest BCUT2D eigenvalue weighted by Gasteiger charge is 2.34. The summed E-state index contributed by atoms with van der Waals surface area (Å²) in [6.45, 7) is 0. The van der Waals surface area contributed by atoms with Gasteiger partial charge in [-0.3, -0.25) is 4.79 Å². The molecule has 0 spiro atoms. The first-order chi connectivity index (χ1) is 9.60. The second kappa shape index (κ2) is 5.82. The number of hydrogen-bond acceptors (Lipinski definition) is 2. The summed E-state index contributed by atoms with van der Waals surface area (Å²) in [5.74, 6) is 0.172. The van der Waals surface area contributed by atoms with E-state index in [1.165, 1.54) is 18.9 Å². The number of amides is 1. The Hall–Kier alpha value is -0.940. The summed E-state index contributed by atoms with van der Waals surface area (Å²) in [7, 11) is 0. The first kappa shape index (κ1) is 14.0. The van der Waals surface area contributed by atoms with Gasteiger partial charge in [0.1, 0.15) is 5.82 Å². The van der Waals surface area contributed by atoms with Crippen LogP contribution in [0.5, 0.6) is 0 Å². The summed E-state index contributed by atoms with van der Waals surface area (Å²) in [5.41, 5.74) is 0.639. The molecule has 108 valence electrons. The van der Waals surface area contributed by atoms with Crippen LogP contribution in [0.25, 0.3) is 0 Å². The molecule has 0 saturated carbocycles. The Morgan fingerprint density at radius 3 is 2.70 bits per heavy atom. The van der Waals surface area contributed by atoms with Crippen molar-refractivity contribution >= 4 is 27.5 Å². The second-order valence-electron chi connectivity index (χ2n) is 5.86. The van der Waals surface area contributed by atoms with Crippen molar-refractivity contribution in [3.63, 3.8) is 0 Å². The van der Waals surface area contributed by atoms with Gasteiger partial charge in [-0.1, -0.05) is 0 Å². The largest absolute Gasteiger partial charge is 0.326 e. The molecule has 2 aliphatic rings. The topological polar surface area (TPSA) is 41.1 Å². The highest BCUT2D eigenvalue weighted by Crippen LogP contribution is 2.32.